The number of aromatic nitrogens is 3. The number of likely N-dealkylation sites (tertiary alicyclic amines) is 1. The summed E-state index contributed by atoms with van der Waals surface area (Å²) in [6.07, 6.45) is 4.62. The van der Waals surface area contributed by atoms with Crippen molar-refractivity contribution in [3.8, 4) is 22.6 Å². The maximum atomic E-state index is 15.0. The maximum absolute atomic E-state index is 15.0. The first-order valence-electron chi connectivity index (χ1n) is 11.3. The van der Waals surface area contributed by atoms with Crippen molar-refractivity contribution < 1.29 is 13.9 Å². The fraction of sp³-hybridized carbons (Fsp3) is 0.192. The number of fused-ring (bicyclic) bond motifs is 1. The number of nitrogens with zero attached hydrogens (tertiary/aromatic N) is 3. The average Bonchev–Trinajstić information content (AvgIpc) is 3.30. The molecule has 3 heterocycles. The predicted molar refractivity (Wildman–Crippen MR) is 132 cm³/mol. The first kappa shape index (κ1) is 22.4. The Morgan fingerprint density at radius 3 is 2.80 bits per heavy atom. The zero-order valence-corrected chi connectivity index (χ0v) is 18.9. The lowest BCUT2D eigenvalue weighted by molar-refractivity contribution is -0.127. The number of carbonyl (C=O) groups is 1. The van der Waals surface area contributed by atoms with Crippen molar-refractivity contribution in [2.24, 2.45) is 0 Å². The van der Waals surface area contributed by atoms with E-state index in [4.69, 9.17) is 10.5 Å². The highest BCUT2D eigenvalue weighted by Gasteiger charge is 2.27. The normalized spacial score (nSPS) is 15.8. The molecule has 0 bridgehead atoms. The van der Waals surface area contributed by atoms with E-state index in [9.17, 15) is 9.59 Å². The summed E-state index contributed by atoms with van der Waals surface area (Å²) in [5.41, 5.74) is 7.23. The fourth-order valence-corrected chi connectivity index (χ4v) is 4.62. The van der Waals surface area contributed by atoms with Crippen LogP contribution in [0, 0.1) is 5.82 Å². The number of ether oxygens (including phenoxy) is 1. The van der Waals surface area contributed by atoms with Crippen LogP contribution >= 0.6 is 0 Å². The molecule has 2 aromatic heterocycles. The largest absolute Gasteiger partial charge is 0.454 e. The van der Waals surface area contributed by atoms with Gasteiger partial charge < -0.3 is 19.9 Å². The van der Waals surface area contributed by atoms with Crippen molar-refractivity contribution in [1.82, 2.24) is 19.7 Å². The Morgan fingerprint density at radius 2 is 2.06 bits per heavy atom. The van der Waals surface area contributed by atoms with Crippen molar-refractivity contribution in [2.75, 3.05) is 18.8 Å². The molecule has 178 valence electrons. The molecule has 1 amide bonds. The third kappa shape index (κ3) is 4.16. The molecule has 2 aromatic carbocycles. The molecule has 1 aliphatic rings. The molecular formula is C26H24FN5O3. The lowest BCUT2D eigenvalue weighted by Crippen LogP contribution is -2.40. The smallest absolute Gasteiger partial charge is 0.288 e. The van der Waals surface area contributed by atoms with Gasteiger partial charge in [-0.15, -0.1) is 0 Å². The number of rotatable bonds is 5. The molecule has 0 saturated carbocycles. The van der Waals surface area contributed by atoms with Gasteiger partial charge in [0.2, 0.25) is 5.91 Å². The summed E-state index contributed by atoms with van der Waals surface area (Å²) in [4.78, 5) is 26.8. The molecule has 4 aromatic rings. The van der Waals surface area contributed by atoms with Crippen LogP contribution < -0.4 is 16.0 Å². The summed E-state index contributed by atoms with van der Waals surface area (Å²) >= 11 is 0. The number of nitrogens with two attached hydrogens (primary N) is 1. The van der Waals surface area contributed by atoms with Crippen molar-refractivity contribution in [3.63, 3.8) is 0 Å². The summed E-state index contributed by atoms with van der Waals surface area (Å²) in [5.74, 6) is 0.0277. The number of hydrogen-bond acceptors (Lipinski definition) is 5. The fourth-order valence-electron chi connectivity index (χ4n) is 4.62. The Balaban J connectivity index is 1.58. The maximum Gasteiger partial charge on any atom is 0.288 e. The highest BCUT2D eigenvalue weighted by atomic mass is 19.1. The van der Waals surface area contributed by atoms with Crippen LogP contribution in [-0.2, 0) is 4.79 Å². The number of piperidine rings is 1. The zero-order valence-electron chi connectivity index (χ0n) is 18.9. The summed E-state index contributed by atoms with van der Waals surface area (Å²) in [7, 11) is 0. The van der Waals surface area contributed by atoms with Gasteiger partial charge in [0, 0.05) is 24.8 Å². The topological polar surface area (TPSA) is 106 Å². The van der Waals surface area contributed by atoms with E-state index in [-0.39, 0.29) is 23.5 Å². The number of hydrogen-bond donors (Lipinski definition) is 2. The number of carbonyl (C=O) groups excluding carboxylic acids is 1. The molecule has 35 heavy (non-hydrogen) atoms. The molecular weight excluding hydrogens is 449 g/mol. The Morgan fingerprint density at radius 1 is 1.26 bits per heavy atom. The van der Waals surface area contributed by atoms with Gasteiger partial charge in [-0.05, 0) is 48.7 Å². The van der Waals surface area contributed by atoms with E-state index in [1.807, 2.05) is 10.6 Å². The molecule has 9 heteroatoms. The highest BCUT2D eigenvalue weighted by Crippen LogP contribution is 2.37. The van der Waals surface area contributed by atoms with Crippen LogP contribution in [0.2, 0.25) is 0 Å². The molecule has 1 aliphatic heterocycles. The van der Waals surface area contributed by atoms with Crippen molar-refractivity contribution >= 4 is 22.6 Å². The number of aromatic amines is 1. The van der Waals surface area contributed by atoms with E-state index in [0.717, 1.165) is 12.8 Å². The van der Waals surface area contributed by atoms with E-state index < -0.39 is 11.4 Å². The van der Waals surface area contributed by atoms with Gasteiger partial charge in [0.05, 0.1) is 11.4 Å². The van der Waals surface area contributed by atoms with Crippen LogP contribution in [0.1, 0.15) is 18.9 Å². The first-order chi connectivity index (χ1) is 17.0. The minimum atomic E-state index is -0.552. The van der Waals surface area contributed by atoms with Gasteiger partial charge in [-0.3, -0.25) is 9.59 Å². The standard InChI is InChI=1S/C26H24FN5O3/c1-2-22(33)31-12-6-7-17(14-31)32-15-19(23-24(32)26(34)30-29-25(23)28)16-10-11-21(20(27)13-16)35-18-8-4-3-5-9-18/h2-5,8-11,13,15,17H,1,6-7,12,14H2,(H2,28,29)(H,30,34)/t17-/m1/s1. The Labute approximate surface area is 200 Å². The van der Waals surface area contributed by atoms with Crippen LogP contribution in [0.4, 0.5) is 10.2 Å². The molecule has 1 fully saturated rings. The zero-order chi connectivity index (χ0) is 24.5. The van der Waals surface area contributed by atoms with Gasteiger partial charge >= 0.3 is 0 Å². The minimum Gasteiger partial charge on any atom is -0.454 e. The Hall–Kier alpha value is -4.40. The molecule has 5 rings (SSSR count). The third-order valence-corrected chi connectivity index (χ3v) is 6.27. The SMILES string of the molecule is C=CC(=O)N1CCC[C@@H](n2cc(-c3ccc(Oc4ccccc4)c(F)c3)c3c(N)n[nH]c(=O)c32)C1. The second-order valence-electron chi connectivity index (χ2n) is 8.46. The third-order valence-electron chi connectivity index (χ3n) is 6.27. The summed E-state index contributed by atoms with van der Waals surface area (Å²) in [6, 6.07) is 13.4. The second-order valence-corrected chi connectivity index (χ2v) is 8.46. The quantitative estimate of drug-likeness (QED) is 0.422. The number of halogens is 1. The molecule has 0 aliphatic carbocycles. The van der Waals surface area contributed by atoms with Crippen molar-refractivity contribution in [1.29, 1.82) is 0 Å². The summed E-state index contributed by atoms with van der Waals surface area (Å²) in [6.45, 7) is 4.62. The molecule has 1 saturated heterocycles. The predicted octanol–water partition coefficient (Wildman–Crippen LogP) is 4.25. The van der Waals surface area contributed by atoms with Gasteiger partial charge in [-0.25, -0.2) is 9.49 Å². The molecule has 0 spiro atoms. The first-order valence-corrected chi connectivity index (χ1v) is 11.3. The van der Waals surface area contributed by atoms with E-state index >= 15 is 4.39 Å². The number of nitrogens with one attached hydrogen (secondary N) is 1. The van der Waals surface area contributed by atoms with Gasteiger partial charge in [0.15, 0.2) is 17.4 Å². The van der Waals surface area contributed by atoms with E-state index in [2.05, 4.69) is 16.8 Å². The number of para-hydroxylation sites is 1. The molecule has 3 N–H and O–H groups in total. The van der Waals surface area contributed by atoms with E-state index in [1.54, 1.807) is 47.5 Å². The van der Waals surface area contributed by atoms with Gasteiger partial charge in [-0.1, -0.05) is 30.8 Å². The van der Waals surface area contributed by atoms with Crippen LogP contribution in [0.3, 0.4) is 0 Å². The van der Waals surface area contributed by atoms with Gasteiger partial charge in [0.1, 0.15) is 11.3 Å². The van der Waals surface area contributed by atoms with Crippen LogP contribution in [0.15, 0.2) is 72.2 Å². The van der Waals surface area contributed by atoms with Gasteiger partial charge in [0.25, 0.3) is 5.56 Å². The van der Waals surface area contributed by atoms with Gasteiger partial charge in [-0.2, -0.15) is 5.10 Å². The molecule has 0 radical (unpaired) electrons. The Kier molecular flexibility index (Phi) is 5.82. The Bertz CT molecular complexity index is 1480. The highest BCUT2D eigenvalue weighted by molar-refractivity contribution is 6.02. The van der Waals surface area contributed by atoms with Crippen LogP contribution in [0.5, 0.6) is 11.5 Å². The number of amides is 1. The van der Waals surface area contributed by atoms with Crippen molar-refractivity contribution in [2.45, 2.75) is 18.9 Å². The summed E-state index contributed by atoms with van der Waals surface area (Å²) < 4.78 is 22.5. The van der Waals surface area contributed by atoms with Crippen molar-refractivity contribution in [3.05, 3.63) is 83.6 Å². The van der Waals surface area contributed by atoms with Crippen LogP contribution in [0.25, 0.3) is 22.0 Å². The lowest BCUT2D eigenvalue weighted by atomic mass is 10.1. The molecule has 0 unspecified atom stereocenters. The van der Waals surface area contributed by atoms with E-state index in [1.165, 1.54) is 12.1 Å². The number of benzene rings is 2. The van der Waals surface area contributed by atoms with Crippen LogP contribution in [-0.4, -0.2) is 38.7 Å². The lowest BCUT2D eigenvalue weighted by Gasteiger charge is -2.33. The number of nitrogen functional groups attached to an aromatic ring is 1. The number of H-pyrrole nitrogens is 1. The monoisotopic (exact) mass is 473 g/mol. The second kappa shape index (κ2) is 9.09. The molecule has 1 atom stereocenters. The minimum absolute atomic E-state index is 0.0819. The number of anilines is 1. The molecule has 8 nitrogen and oxygen atoms in total. The summed E-state index contributed by atoms with van der Waals surface area (Å²) in [5, 5.41) is 6.81. The average molecular weight is 474 g/mol. The van der Waals surface area contributed by atoms with E-state index in [0.29, 0.717) is 40.9 Å².